The predicted molar refractivity (Wildman–Crippen MR) is 113 cm³/mol. The second-order valence-corrected chi connectivity index (χ2v) is 8.45. The van der Waals surface area contributed by atoms with Gasteiger partial charge in [0.05, 0.1) is 11.6 Å². The maximum atomic E-state index is 12.7. The van der Waals surface area contributed by atoms with Crippen LogP contribution in [0.1, 0.15) is 25.0 Å². The van der Waals surface area contributed by atoms with Gasteiger partial charge in [-0.1, -0.05) is 0 Å². The molecular weight excluding hydrogens is 388 g/mol. The fraction of sp³-hybridized carbons (Fsp3) is 0.400. The molecule has 0 spiro atoms. The van der Waals surface area contributed by atoms with Gasteiger partial charge in [-0.3, -0.25) is 14.9 Å². The van der Waals surface area contributed by atoms with Gasteiger partial charge in [0.2, 0.25) is 22.7 Å². The Kier molecular flexibility index (Phi) is 4.46. The van der Waals surface area contributed by atoms with Crippen LogP contribution in [0.4, 0.5) is 17.3 Å². The molecule has 2 fully saturated rings. The third-order valence-corrected chi connectivity index (χ3v) is 6.54. The number of fused-ring (bicyclic) bond motifs is 1. The quantitative estimate of drug-likeness (QED) is 0.715. The highest BCUT2D eigenvalue weighted by atomic mass is 32.1. The molecule has 2 amide bonds. The van der Waals surface area contributed by atoms with Crippen LogP contribution in [0, 0.1) is 12.8 Å². The Morgan fingerprint density at radius 1 is 1.17 bits per heavy atom. The fourth-order valence-corrected chi connectivity index (χ4v) is 4.81. The summed E-state index contributed by atoms with van der Waals surface area (Å²) < 4.78 is 1.70. The van der Waals surface area contributed by atoms with E-state index in [0.717, 1.165) is 29.4 Å². The van der Waals surface area contributed by atoms with Gasteiger partial charge in [-0.2, -0.15) is 4.98 Å². The largest absolute Gasteiger partial charge is 0.372 e. The van der Waals surface area contributed by atoms with E-state index in [9.17, 15) is 9.59 Å². The average molecular weight is 411 g/mol. The van der Waals surface area contributed by atoms with Gasteiger partial charge < -0.3 is 9.80 Å². The number of nitrogens with zero attached hydrogens (tertiary/aromatic N) is 5. The molecule has 5 rings (SSSR count). The lowest BCUT2D eigenvalue weighted by atomic mass is 10.1. The summed E-state index contributed by atoms with van der Waals surface area (Å²) in [5, 5.41) is 9.03. The van der Waals surface area contributed by atoms with Crippen molar-refractivity contribution in [3.63, 3.8) is 0 Å². The van der Waals surface area contributed by atoms with Crippen LogP contribution in [-0.4, -0.2) is 46.0 Å². The zero-order chi connectivity index (χ0) is 20.0. The first-order valence-electron chi connectivity index (χ1n) is 9.85. The molecule has 2 aliphatic heterocycles. The van der Waals surface area contributed by atoms with Gasteiger partial charge in [0.25, 0.3) is 0 Å². The number of hydrogen-bond donors (Lipinski definition) is 1. The van der Waals surface area contributed by atoms with E-state index in [0.29, 0.717) is 6.54 Å². The van der Waals surface area contributed by atoms with Crippen molar-refractivity contribution in [2.75, 3.05) is 34.8 Å². The zero-order valence-corrected chi connectivity index (χ0v) is 17.0. The van der Waals surface area contributed by atoms with Crippen molar-refractivity contribution in [3.05, 3.63) is 35.3 Å². The van der Waals surface area contributed by atoms with Crippen molar-refractivity contribution in [2.45, 2.75) is 26.2 Å². The number of anilines is 3. The zero-order valence-electron chi connectivity index (χ0n) is 16.2. The van der Waals surface area contributed by atoms with E-state index in [4.69, 9.17) is 0 Å². The first-order chi connectivity index (χ1) is 14.1. The molecule has 1 N–H and O–H groups in total. The number of nitrogens with one attached hydrogen (secondary N) is 1. The van der Waals surface area contributed by atoms with E-state index in [2.05, 4.69) is 32.4 Å². The average Bonchev–Trinajstić information content (AvgIpc) is 3.49. The van der Waals surface area contributed by atoms with Crippen LogP contribution in [0.5, 0.6) is 0 Å². The van der Waals surface area contributed by atoms with Crippen LogP contribution in [0.15, 0.2) is 29.6 Å². The lowest BCUT2D eigenvalue weighted by Crippen LogP contribution is -2.28. The highest BCUT2D eigenvalue weighted by Crippen LogP contribution is 2.29. The minimum atomic E-state index is -0.414. The number of thiazole rings is 1. The number of benzene rings is 1. The first kappa shape index (κ1) is 18.1. The lowest BCUT2D eigenvalue weighted by molar-refractivity contribution is -0.122. The summed E-state index contributed by atoms with van der Waals surface area (Å²) in [4.78, 5) is 34.3. The monoisotopic (exact) mass is 410 g/mol. The van der Waals surface area contributed by atoms with E-state index >= 15 is 0 Å². The molecule has 4 heterocycles. The second kappa shape index (κ2) is 7.14. The van der Waals surface area contributed by atoms with Crippen molar-refractivity contribution in [1.29, 1.82) is 0 Å². The summed E-state index contributed by atoms with van der Waals surface area (Å²) in [6, 6.07) is 8.07. The number of hydrogen-bond acceptors (Lipinski definition) is 6. The SMILES string of the molecule is Cc1csc2nc(NC(=O)C3CC(=O)N(c4ccc(N5CCCC5)cc4)C3)nn12. The first-order valence-corrected chi connectivity index (χ1v) is 10.7. The summed E-state index contributed by atoms with van der Waals surface area (Å²) in [6.45, 7) is 4.48. The number of amides is 2. The lowest BCUT2D eigenvalue weighted by Gasteiger charge is -2.20. The fourth-order valence-electron chi connectivity index (χ4n) is 4.01. The van der Waals surface area contributed by atoms with Crippen LogP contribution < -0.4 is 15.1 Å². The van der Waals surface area contributed by atoms with E-state index in [1.807, 2.05) is 24.4 Å². The van der Waals surface area contributed by atoms with E-state index in [-0.39, 0.29) is 24.2 Å². The molecule has 29 heavy (non-hydrogen) atoms. The van der Waals surface area contributed by atoms with Gasteiger partial charge in [-0.25, -0.2) is 4.52 Å². The summed E-state index contributed by atoms with van der Waals surface area (Å²) in [7, 11) is 0. The number of aromatic nitrogens is 3. The number of rotatable bonds is 4. The topological polar surface area (TPSA) is 82.8 Å². The van der Waals surface area contributed by atoms with Crippen LogP contribution in [-0.2, 0) is 9.59 Å². The summed E-state index contributed by atoms with van der Waals surface area (Å²) >= 11 is 1.47. The summed E-state index contributed by atoms with van der Waals surface area (Å²) in [6.07, 6.45) is 2.65. The Hall–Kier alpha value is -2.94. The normalized spacial score (nSPS) is 19.5. The van der Waals surface area contributed by atoms with Crippen LogP contribution in [0.2, 0.25) is 0 Å². The molecule has 0 saturated carbocycles. The van der Waals surface area contributed by atoms with Crippen molar-refractivity contribution < 1.29 is 9.59 Å². The molecule has 0 bridgehead atoms. The predicted octanol–water partition coefficient (Wildman–Crippen LogP) is 2.69. The molecule has 0 aliphatic carbocycles. The molecule has 1 aromatic carbocycles. The van der Waals surface area contributed by atoms with Gasteiger partial charge in [0.1, 0.15) is 0 Å². The Balaban J connectivity index is 1.26. The number of aryl methyl sites for hydroxylation is 1. The molecular formula is C20H22N6O2S. The molecule has 3 aromatic rings. The van der Waals surface area contributed by atoms with E-state index < -0.39 is 5.92 Å². The van der Waals surface area contributed by atoms with Crippen molar-refractivity contribution >= 4 is 45.4 Å². The maximum absolute atomic E-state index is 12.7. The molecule has 8 nitrogen and oxygen atoms in total. The van der Waals surface area contributed by atoms with Crippen molar-refractivity contribution in [2.24, 2.45) is 5.92 Å². The van der Waals surface area contributed by atoms with Gasteiger partial charge in [0.15, 0.2) is 0 Å². The summed E-state index contributed by atoms with van der Waals surface area (Å²) in [5.74, 6) is -0.381. The van der Waals surface area contributed by atoms with Gasteiger partial charge in [0, 0.05) is 42.8 Å². The number of carbonyl (C=O) groups excluding carboxylic acids is 2. The smallest absolute Gasteiger partial charge is 0.250 e. The Morgan fingerprint density at radius 3 is 2.62 bits per heavy atom. The number of carbonyl (C=O) groups is 2. The van der Waals surface area contributed by atoms with Gasteiger partial charge in [-0.05, 0) is 44.0 Å². The molecule has 2 saturated heterocycles. The minimum Gasteiger partial charge on any atom is -0.372 e. The third kappa shape index (κ3) is 3.35. The second-order valence-electron chi connectivity index (χ2n) is 7.61. The Morgan fingerprint density at radius 2 is 1.90 bits per heavy atom. The van der Waals surface area contributed by atoms with Crippen molar-refractivity contribution in [1.82, 2.24) is 14.6 Å². The molecule has 9 heteroatoms. The summed E-state index contributed by atoms with van der Waals surface area (Å²) in [5.41, 5.74) is 3.00. The molecule has 1 atom stereocenters. The molecule has 0 radical (unpaired) electrons. The highest BCUT2D eigenvalue weighted by molar-refractivity contribution is 7.15. The highest BCUT2D eigenvalue weighted by Gasteiger charge is 2.35. The molecule has 150 valence electrons. The van der Waals surface area contributed by atoms with Crippen LogP contribution >= 0.6 is 11.3 Å². The van der Waals surface area contributed by atoms with E-state index in [1.54, 1.807) is 9.42 Å². The minimum absolute atomic E-state index is 0.0336. The van der Waals surface area contributed by atoms with Crippen LogP contribution in [0.25, 0.3) is 4.96 Å². The van der Waals surface area contributed by atoms with E-state index in [1.165, 1.54) is 29.9 Å². The van der Waals surface area contributed by atoms with Crippen LogP contribution in [0.3, 0.4) is 0 Å². The molecule has 2 aromatic heterocycles. The van der Waals surface area contributed by atoms with Gasteiger partial charge >= 0.3 is 0 Å². The standard InChI is InChI=1S/C20H22N6O2S/c1-13-12-29-20-22-19(23-26(13)20)21-18(28)14-10-17(27)25(11-14)16-6-4-15(5-7-16)24-8-2-3-9-24/h4-7,12,14H,2-3,8-11H2,1H3,(H,21,23,28). The maximum Gasteiger partial charge on any atom is 0.250 e. The molecule has 1 unspecified atom stereocenters. The third-order valence-electron chi connectivity index (χ3n) is 5.61. The molecule has 2 aliphatic rings. The van der Waals surface area contributed by atoms with Gasteiger partial charge in [-0.15, -0.1) is 16.4 Å². The Labute approximate surface area is 172 Å². The van der Waals surface area contributed by atoms with Crippen molar-refractivity contribution in [3.8, 4) is 0 Å². The Bertz CT molecular complexity index is 1070.